The van der Waals surface area contributed by atoms with E-state index in [0.29, 0.717) is 17.2 Å². The number of rotatable bonds is 4. The van der Waals surface area contributed by atoms with Gasteiger partial charge in [0, 0.05) is 11.8 Å². The molecule has 0 aromatic heterocycles. The summed E-state index contributed by atoms with van der Waals surface area (Å²) in [5.41, 5.74) is 5.67. The van der Waals surface area contributed by atoms with Gasteiger partial charge >= 0.3 is 0 Å². The van der Waals surface area contributed by atoms with Crippen LogP contribution in [0.1, 0.15) is 0 Å². The molecule has 0 aliphatic carbocycles. The number of hydrogen-bond acceptors (Lipinski definition) is 5. The van der Waals surface area contributed by atoms with Crippen LogP contribution in [0.4, 0.5) is 5.69 Å². The lowest BCUT2D eigenvalue weighted by molar-refractivity contribution is -0.123. The first-order valence-electron chi connectivity index (χ1n) is 5.35. The Bertz CT molecular complexity index is 481. The molecule has 0 saturated heterocycles. The Labute approximate surface area is 115 Å². The Morgan fingerprint density at radius 2 is 1.95 bits per heavy atom. The van der Waals surface area contributed by atoms with Crippen molar-refractivity contribution in [1.29, 1.82) is 0 Å². The number of benzene rings is 1. The summed E-state index contributed by atoms with van der Waals surface area (Å²) in [6.45, 7) is -0.0823. The van der Waals surface area contributed by atoms with E-state index in [1.807, 2.05) is 0 Å². The number of ether oxygens (including phenoxy) is 2. The summed E-state index contributed by atoms with van der Waals surface area (Å²) in [7, 11) is 0. The van der Waals surface area contributed by atoms with Gasteiger partial charge < -0.3 is 25.8 Å². The van der Waals surface area contributed by atoms with Gasteiger partial charge in [-0.15, -0.1) is 12.4 Å². The van der Waals surface area contributed by atoms with Crippen LogP contribution in [0.25, 0.3) is 0 Å². The van der Waals surface area contributed by atoms with E-state index in [-0.39, 0.29) is 44.1 Å². The number of amides is 2. The molecule has 1 heterocycles. The summed E-state index contributed by atoms with van der Waals surface area (Å²) in [6.07, 6.45) is 0. The number of fused-ring (bicyclic) bond motifs is 1. The van der Waals surface area contributed by atoms with Crippen LogP contribution >= 0.6 is 12.4 Å². The summed E-state index contributed by atoms with van der Waals surface area (Å²) in [4.78, 5) is 22.4. The van der Waals surface area contributed by atoms with Crippen LogP contribution in [0.15, 0.2) is 18.2 Å². The highest BCUT2D eigenvalue weighted by Crippen LogP contribution is 2.34. The summed E-state index contributed by atoms with van der Waals surface area (Å²) < 4.78 is 10.3. The smallest absolute Gasteiger partial charge is 0.243 e. The number of nitrogens with two attached hydrogens (primary N) is 1. The third-order valence-corrected chi connectivity index (χ3v) is 2.29. The third-order valence-electron chi connectivity index (χ3n) is 2.29. The molecule has 2 amide bonds. The first kappa shape index (κ1) is 15.1. The predicted octanol–water partition coefficient (Wildman–Crippen LogP) is -0.150. The lowest BCUT2D eigenvalue weighted by Crippen LogP contribution is -2.36. The van der Waals surface area contributed by atoms with Crippen LogP contribution in [0.3, 0.4) is 0 Å². The molecule has 0 spiro atoms. The van der Waals surface area contributed by atoms with E-state index in [1.54, 1.807) is 18.2 Å². The summed E-state index contributed by atoms with van der Waals surface area (Å²) in [5, 5.41) is 4.99. The zero-order valence-corrected chi connectivity index (χ0v) is 10.8. The van der Waals surface area contributed by atoms with Crippen molar-refractivity contribution < 1.29 is 19.1 Å². The Hall–Kier alpha value is -1.99. The average Bonchev–Trinajstić information content (AvgIpc) is 2.83. The zero-order valence-electron chi connectivity index (χ0n) is 9.97. The molecule has 0 bridgehead atoms. The van der Waals surface area contributed by atoms with Crippen LogP contribution in [-0.2, 0) is 9.59 Å². The molecule has 8 heteroatoms. The third kappa shape index (κ3) is 4.01. The molecule has 19 heavy (non-hydrogen) atoms. The highest BCUT2D eigenvalue weighted by atomic mass is 35.5. The molecule has 104 valence electrons. The van der Waals surface area contributed by atoms with E-state index in [9.17, 15) is 9.59 Å². The van der Waals surface area contributed by atoms with Crippen molar-refractivity contribution in [2.45, 2.75) is 0 Å². The van der Waals surface area contributed by atoms with Gasteiger partial charge in [0.25, 0.3) is 0 Å². The summed E-state index contributed by atoms with van der Waals surface area (Å²) in [5.74, 6) is 0.509. The van der Waals surface area contributed by atoms with Gasteiger partial charge in [0.05, 0.1) is 13.1 Å². The second kappa shape index (κ2) is 6.81. The van der Waals surface area contributed by atoms with Crippen LogP contribution in [0.5, 0.6) is 11.5 Å². The number of anilines is 1. The largest absolute Gasteiger partial charge is 0.454 e. The fourth-order valence-corrected chi connectivity index (χ4v) is 1.43. The van der Waals surface area contributed by atoms with Crippen LogP contribution < -0.4 is 25.8 Å². The molecule has 2 rings (SSSR count). The topological polar surface area (TPSA) is 103 Å². The zero-order chi connectivity index (χ0) is 13.0. The maximum atomic E-state index is 11.5. The van der Waals surface area contributed by atoms with Crippen molar-refractivity contribution in [1.82, 2.24) is 5.32 Å². The van der Waals surface area contributed by atoms with Gasteiger partial charge in [-0.2, -0.15) is 0 Å². The van der Waals surface area contributed by atoms with Gasteiger partial charge in [-0.3, -0.25) is 9.59 Å². The van der Waals surface area contributed by atoms with Crippen molar-refractivity contribution in [3.63, 3.8) is 0 Å². The van der Waals surface area contributed by atoms with E-state index in [1.165, 1.54) is 0 Å². The first-order valence-corrected chi connectivity index (χ1v) is 5.35. The minimum atomic E-state index is -0.379. The highest BCUT2D eigenvalue weighted by Gasteiger charge is 2.14. The predicted molar refractivity (Wildman–Crippen MR) is 70.5 cm³/mol. The molecule has 1 aliphatic heterocycles. The molecule has 7 nitrogen and oxygen atoms in total. The molecule has 0 saturated carbocycles. The molecule has 0 atom stereocenters. The van der Waals surface area contributed by atoms with E-state index in [4.69, 9.17) is 15.2 Å². The second-order valence-corrected chi connectivity index (χ2v) is 3.60. The van der Waals surface area contributed by atoms with Crippen LogP contribution in [-0.4, -0.2) is 31.7 Å². The van der Waals surface area contributed by atoms with E-state index >= 15 is 0 Å². The Kier molecular flexibility index (Phi) is 5.40. The summed E-state index contributed by atoms with van der Waals surface area (Å²) >= 11 is 0. The minimum Gasteiger partial charge on any atom is -0.454 e. The average molecular weight is 288 g/mol. The van der Waals surface area contributed by atoms with Crippen LogP contribution in [0.2, 0.25) is 0 Å². The quantitative estimate of drug-likeness (QED) is 0.715. The van der Waals surface area contributed by atoms with Gasteiger partial charge in [0.1, 0.15) is 0 Å². The van der Waals surface area contributed by atoms with E-state index in [0.717, 1.165) is 0 Å². The Balaban J connectivity index is 0.00000180. The maximum absolute atomic E-state index is 11.5. The number of nitrogens with one attached hydrogen (secondary N) is 2. The van der Waals surface area contributed by atoms with Crippen molar-refractivity contribution >= 4 is 29.9 Å². The highest BCUT2D eigenvalue weighted by molar-refractivity contribution is 5.95. The fourth-order valence-electron chi connectivity index (χ4n) is 1.43. The van der Waals surface area contributed by atoms with E-state index < -0.39 is 0 Å². The van der Waals surface area contributed by atoms with Crippen molar-refractivity contribution in [3.05, 3.63) is 18.2 Å². The molecule has 0 radical (unpaired) electrons. The molecule has 4 N–H and O–H groups in total. The normalized spacial score (nSPS) is 11.4. The van der Waals surface area contributed by atoms with Gasteiger partial charge in [-0.05, 0) is 12.1 Å². The van der Waals surface area contributed by atoms with Gasteiger partial charge in [0.2, 0.25) is 18.6 Å². The monoisotopic (exact) mass is 287 g/mol. The molecule has 1 aliphatic rings. The standard InChI is InChI=1S/C11H13N3O4.ClH/c12-4-10(15)13-5-11(16)14-7-1-2-8-9(3-7)18-6-17-8;/h1-3H,4-6,12H2,(H,13,15)(H,14,16);1H. The lowest BCUT2D eigenvalue weighted by Gasteiger charge is -2.06. The van der Waals surface area contributed by atoms with Gasteiger partial charge in [-0.1, -0.05) is 0 Å². The first-order chi connectivity index (χ1) is 8.69. The molecule has 0 unspecified atom stereocenters. The fraction of sp³-hybridized carbons (Fsp3) is 0.273. The molecular weight excluding hydrogens is 274 g/mol. The number of carbonyl (C=O) groups excluding carboxylic acids is 2. The Morgan fingerprint density at radius 1 is 1.21 bits per heavy atom. The SMILES string of the molecule is Cl.NCC(=O)NCC(=O)Nc1ccc2c(c1)OCO2. The van der Waals surface area contributed by atoms with Crippen molar-refractivity contribution in [2.75, 3.05) is 25.2 Å². The van der Waals surface area contributed by atoms with Crippen molar-refractivity contribution in [2.24, 2.45) is 5.73 Å². The Morgan fingerprint density at radius 3 is 2.68 bits per heavy atom. The van der Waals surface area contributed by atoms with Crippen molar-refractivity contribution in [3.8, 4) is 11.5 Å². The number of carbonyl (C=O) groups is 2. The van der Waals surface area contributed by atoms with Gasteiger partial charge in [-0.25, -0.2) is 0 Å². The molecule has 1 aromatic carbocycles. The van der Waals surface area contributed by atoms with E-state index in [2.05, 4.69) is 10.6 Å². The molecule has 1 aromatic rings. The van der Waals surface area contributed by atoms with Crippen LogP contribution in [0, 0.1) is 0 Å². The van der Waals surface area contributed by atoms with Gasteiger partial charge in [0.15, 0.2) is 11.5 Å². The number of halogens is 1. The second-order valence-electron chi connectivity index (χ2n) is 3.60. The number of hydrogen-bond donors (Lipinski definition) is 3. The molecule has 0 fully saturated rings. The maximum Gasteiger partial charge on any atom is 0.243 e. The molecular formula is C11H14ClN3O4. The minimum absolute atomic E-state index is 0. The summed E-state index contributed by atoms with van der Waals surface area (Å²) in [6, 6.07) is 5.05. The lowest BCUT2D eigenvalue weighted by atomic mass is 10.3.